The zero-order chi connectivity index (χ0) is 17.0. The van der Waals surface area contributed by atoms with E-state index >= 15 is 0 Å². The highest BCUT2D eigenvalue weighted by molar-refractivity contribution is 7.89. The Morgan fingerprint density at radius 3 is 2.39 bits per heavy atom. The van der Waals surface area contributed by atoms with Crippen LogP contribution in [0, 0.1) is 12.7 Å². The van der Waals surface area contributed by atoms with Crippen LogP contribution < -0.4 is 10.0 Å². The third kappa shape index (κ3) is 4.61. The van der Waals surface area contributed by atoms with Gasteiger partial charge < -0.3 is 5.32 Å². The van der Waals surface area contributed by atoms with Crippen LogP contribution in [0.1, 0.15) is 18.1 Å². The fourth-order valence-corrected chi connectivity index (χ4v) is 3.32. The molecule has 0 spiro atoms. The van der Waals surface area contributed by atoms with E-state index in [-0.39, 0.29) is 23.2 Å². The van der Waals surface area contributed by atoms with E-state index in [4.69, 9.17) is 0 Å². The summed E-state index contributed by atoms with van der Waals surface area (Å²) in [7, 11) is -3.75. The van der Waals surface area contributed by atoms with Crippen LogP contribution in [0.3, 0.4) is 0 Å². The highest BCUT2D eigenvalue weighted by atomic mass is 32.2. The van der Waals surface area contributed by atoms with Gasteiger partial charge in [-0.3, -0.25) is 4.79 Å². The molecule has 0 bridgehead atoms. The SMILES string of the molecule is CC(=O)Nc1ccc(C)c(S(=O)(=O)NCc2ccc(F)cc2)c1. The van der Waals surface area contributed by atoms with Crippen molar-refractivity contribution in [3.05, 3.63) is 59.4 Å². The molecule has 122 valence electrons. The number of carbonyl (C=O) groups is 1. The average Bonchev–Trinajstić information content (AvgIpc) is 2.48. The molecule has 23 heavy (non-hydrogen) atoms. The van der Waals surface area contributed by atoms with E-state index in [2.05, 4.69) is 10.0 Å². The molecule has 0 aromatic heterocycles. The predicted octanol–water partition coefficient (Wildman–Crippen LogP) is 2.57. The van der Waals surface area contributed by atoms with Gasteiger partial charge in [-0.2, -0.15) is 0 Å². The standard InChI is InChI=1S/C16H17FN2O3S/c1-11-3-8-15(19-12(2)20)9-16(11)23(21,22)18-10-13-4-6-14(17)7-5-13/h3-9,18H,10H2,1-2H3,(H,19,20). The molecule has 0 atom stereocenters. The van der Waals surface area contributed by atoms with Crippen LogP contribution in [0.5, 0.6) is 0 Å². The Hall–Kier alpha value is -2.25. The minimum Gasteiger partial charge on any atom is -0.326 e. The van der Waals surface area contributed by atoms with Crippen LogP contribution in [0.25, 0.3) is 0 Å². The normalized spacial score (nSPS) is 11.3. The molecule has 0 aliphatic rings. The molecular weight excluding hydrogens is 319 g/mol. The van der Waals surface area contributed by atoms with Gasteiger partial charge in [0.1, 0.15) is 5.82 Å². The predicted molar refractivity (Wildman–Crippen MR) is 85.9 cm³/mol. The van der Waals surface area contributed by atoms with Crippen molar-refractivity contribution >= 4 is 21.6 Å². The van der Waals surface area contributed by atoms with Gasteiger partial charge in [-0.1, -0.05) is 18.2 Å². The van der Waals surface area contributed by atoms with Crippen molar-refractivity contribution in [3.63, 3.8) is 0 Å². The van der Waals surface area contributed by atoms with Crippen molar-refractivity contribution in [2.75, 3.05) is 5.32 Å². The number of carbonyl (C=O) groups excluding carboxylic acids is 1. The van der Waals surface area contributed by atoms with E-state index in [1.54, 1.807) is 19.1 Å². The van der Waals surface area contributed by atoms with Crippen LogP contribution in [0.2, 0.25) is 0 Å². The summed E-state index contributed by atoms with van der Waals surface area (Å²) < 4.78 is 40.2. The van der Waals surface area contributed by atoms with E-state index in [0.29, 0.717) is 16.8 Å². The van der Waals surface area contributed by atoms with E-state index in [1.807, 2.05) is 0 Å². The molecule has 0 fully saturated rings. The van der Waals surface area contributed by atoms with Gasteiger partial charge >= 0.3 is 0 Å². The molecule has 1 amide bonds. The number of amides is 1. The Balaban J connectivity index is 2.21. The van der Waals surface area contributed by atoms with Gasteiger partial charge in [0.25, 0.3) is 0 Å². The topological polar surface area (TPSA) is 75.3 Å². The summed E-state index contributed by atoms with van der Waals surface area (Å²) in [5.41, 5.74) is 1.61. The lowest BCUT2D eigenvalue weighted by atomic mass is 10.2. The number of nitrogens with one attached hydrogen (secondary N) is 2. The first-order chi connectivity index (χ1) is 10.8. The molecule has 2 aromatic rings. The molecule has 0 heterocycles. The second kappa shape index (κ2) is 6.89. The third-order valence-corrected chi connectivity index (χ3v) is 4.72. The number of rotatable bonds is 5. The Kier molecular flexibility index (Phi) is 5.12. The fourth-order valence-electron chi connectivity index (χ4n) is 2.03. The lowest BCUT2D eigenvalue weighted by Gasteiger charge is -2.11. The Morgan fingerprint density at radius 1 is 1.13 bits per heavy atom. The number of halogens is 1. The van der Waals surface area contributed by atoms with Crippen LogP contribution >= 0.6 is 0 Å². The summed E-state index contributed by atoms with van der Waals surface area (Å²) in [5, 5.41) is 2.55. The lowest BCUT2D eigenvalue weighted by molar-refractivity contribution is -0.114. The van der Waals surface area contributed by atoms with Crippen molar-refractivity contribution in [2.45, 2.75) is 25.3 Å². The molecule has 0 unspecified atom stereocenters. The molecule has 5 nitrogen and oxygen atoms in total. The molecule has 0 saturated carbocycles. The van der Waals surface area contributed by atoms with Crippen molar-refractivity contribution in [2.24, 2.45) is 0 Å². The molecule has 7 heteroatoms. The fraction of sp³-hybridized carbons (Fsp3) is 0.188. The summed E-state index contributed by atoms with van der Waals surface area (Å²) >= 11 is 0. The Morgan fingerprint density at radius 2 is 1.78 bits per heavy atom. The zero-order valence-electron chi connectivity index (χ0n) is 12.8. The first-order valence-corrected chi connectivity index (χ1v) is 8.38. The average molecular weight is 336 g/mol. The van der Waals surface area contributed by atoms with Crippen LogP contribution in [-0.4, -0.2) is 14.3 Å². The maximum absolute atomic E-state index is 12.9. The van der Waals surface area contributed by atoms with Gasteiger partial charge in [-0.05, 0) is 42.3 Å². The number of anilines is 1. The number of hydrogen-bond donors (Lipinski definition) is 2. The highest BCUT2D eigenvalue weighted by Crippen LogP contribution is 2.20. The first kappa shape index (κ1) is 17.1. The minimum absolute atomic E-state index is 0.0480. The van der Waals surface area contributed by atoms with E-state index in [9.17, 15) is 17.6 Å². The summed E-state index contributed by atoms with van der Waals surface area (Å²) in [4.78, 5) is 11.2. The van der Waals surface area contributed by atoms with Gasteiger partial charge in [0.15, 0.2) is 0 Å². The first-order valence-electron chi connectivity index (χ1n) is 6.90. The largest absolute Gasteiger partial charge is 0.326 e. The van der Waals surface area contributed by atoms with Gasteiger partial charge in [-0.15, -0.1) is 0 Å². The van der Waals surface area contributed by atoms with Crippen molar-refractivity contribution < 1.29 is 17.6 Å². The summed E-state index contributed by atoms with van der Waals surface area (Å²) in [6, 6.07) is 10.2. The monoisotopic (exact) mass is 336 g/mol. The van der Waals surface area contributed by atoms with Gasteiger partial charge in [0.2, 0.25) is 15.9 Å². The molecule has 2 N–H and O–H groups in total. The molecule has 0 saturated heterocycles. The van der Waals surface area contributed by atoms with E-state index in [0.717, 1.165) is 0 Å². The van der Waals surface area contributed by atoms with Crippen molar-refractivity contribution in [3.8, 4) is 0 Å². The lowest BCUT2D eigenvalue weighted by Crippen LogP contribution is -2.24. The summed E-state index contributed by atoms with van der Waals surface area (Å²) in [6.07, 6.45) is 0. The van der Waals surface area contributed by atoms with Gasteiger partial charge in [0.05, 0.1) is 4.90 Å². The molecule has 0 aliphatic heterocycles. The second-order valence-corrected chi connectivity index (χ2v) is 6.85. The van der Waals surface area contributed by atoms with Crippen LogP contribution in [0.15, 0.2) is 47.4 Å². The highest BCUT2D eigenvalue weighted by Gasteiger charge is 2.17. The molecule has 2 aromatic carbocycles. The van der Waals surface area contributed by atoms with Crippen LogP contribution in [-0.2, 0) is 21.4 Å². The van der Waals surface area contributed by atoms with Crippen LogP contribution in [0.4, 0.5) is 10.1 Å². The smallest absolute Gasteiger partial charge is 0.241 e. The maximum atomic E-state index is 12.9. The van der Waals surface area contributed by atoms with E-state index < -0.39 is 10.0 Å². The number of aryl methyl sites for hydroxylation is 1. The molecule has 0 radical (unpaired) electrons. The van der Waals surface area contributed by atoms with Gasteiger partial charge in [0, 0.05) is 19.2 Å². The number of benzene rings is 2. The summed E-state index contributed by atoms with van der Waals surface area (Å²) in [6.45, 7) is 3.07. The Labute approximate surface area is 134 Å². The summed E-state index contributed by atoms with van der Waals surface area (Å²) in [5.74, 6) is -0.660. The molecule has 0 aliphatic carbocycles. The van der Waals surface area contributed by atoms with Gasteiger partial charge in [-0.25, -0.2) is 17.5 Å². The van der Waals surface area contributed by atoms with E-state index in [1.165, 1.54) is 37.3 Å². The Bertz CT molecular complexity index is 818. The third-order valence-electron chi connectivity index (χ3n) is 3.18. The zero-order valence-corrected chi connectivity index (χ0v) is 13.6. The minimum atomic E-state index is -3.75. The maximum Gasteiger partial charge on any atom is 0.241 e. The number of hydrogen-bond acceptors (Lipinski definition) is 3. The van der Waals surface area contributed by atoms with Crippen molar-refractivity contribution in [1.29, 1.82) is 0 Å². The molecular formula is C16H17FN2O3S. The second-order valence-electron chi connectivity index (χ2n) is 5.11. The molecule has 2 rings (SSSR count). The van der Waals surface area contributed by atoms with Crippen molar-refractivity contribution in [1.82, 2.24) is 4.72 Å². The number of sulfonamides is 1. The quantitative estimate of drug-likeness (QED) is 0.881.